The third kappa shape index (κ3) is 2.16. The molecule has 0 radical (unpaired) electrons. The Morgan fingerprint density at radius 1 is 1.67 bits per heavy atom. The molecule has 0 atom stereocenters. The van der Waals surface area contributed by atoms with Crippen LogP contribution in [0, 0.1) is 0 Å². The van der Waals surface area contributed by atoms with Crippen molar-refractivity contribution in [3.05, 3.63) is 0 Å². The van der Waals surface area contributed by atoms with Crippen molar-refractivity contribution in [1.82, 2.24) is 24.9 Å². The van der Waals surface area contributed by atoms with Crippen molar-refractivity contribution in [2.24, 2.45) is 0 Å². The van der Waals surface area contributed by atoms with Gasteiger partial charge in [-0.2, -0.15) is 0 Å². The Hall–Kier alpha value is -0.670. The normalized spacial score (nSPS) is 11.8. The molecule has 0 aromatic carbocycles. The number of aromatic nitrogens is 4. The number of thiol groups is 1. The average Bonchev–Trinajstić information content (AvgIpc) is 2.36. The Morgan fingerprint density at radius 2 is 2.33 bits per heavy atom. The van der Waals surface area contributed by atoms with Gasteiger partial charge in [-0.25, -0.2) is 17.8 Å². The average molecular weight is 209 g/mol. The van der Waals surface area contributed by atoms with Gasteiger partial charge in [0.05, 0.1) is 0 Å². The molecular weight excluding hydrogens is 202 g/mol. The smallest absolute Gasteiger partial charge is 0.217 e. The third-order valence-corrected chi connectivity index (χ3v) is 2.64. The summed E-state index contributed by atoms with van der Waals surface area (Å²) in [6.07, 6.45) is 0. The lowest BCUT2D eigenvalue weighted by atomic mass is 11.2. The summed E-state index contributed by atoms with van der Waals surface area (Å²) in [5, 5.41) is 10.2. The van der Waals surface area contributed by atoms with Crippen LogP contribution < -0.4 is 4.72 Å². The zero-order valence-corrected chi connectivity index (χ0v) is 7.88. The van der Waals surface area contributed by atoms with Crippen molar-refractivity contribution in [3.8, 4) is 0 Å². The Kier molecular flexibility index (Phi) is 2.65. The number of rotatable bonds is 3. The van der Waals surface area contributed by atoms with Crippen molar-refractivity contribution >= 4 is 22.7 Å². The van der Waals surface area contributed by atoms with Crippen LogP contribution in [0.5, 0.6) is 0 Å². The van der Waals surface area contributed by atoms with Crippen LogP contribution >= 0.6 is 12.6 Å². The maximum Gasteiger partial charge on any atom is 0.231 e. The first-order valence-corrected chi connectivity index (χ1v) is 5.01. The number of hydrogen-bond acceptors (Lipinski definition) is 6. The predicted molar refractivity (Wildman–Crippen MR) is 43.0 cm³/mol. The Balaban J connectivity index is 2.84. The summed E-state index contributed by atoms with van der Waals surface area (Å²) in [6.45, 7) is 0. The number of nitrogens with zero attached hydrogens (tertiary/aromatic N) is 4. The summed E-state index contributed by atoms with van der Waals surface area (Å²) in [5.74, 6) is -0.324. The molecule has 0 aliphatic rings. The van der Waals surface area contributed by atoms with Crippen molar-refractivity contribution < 1.29 is 8.42 Å². The minimum Gasteiger partial charge on any atom is -0.217 e. The molecule has 12 heavy (non-hydrogen) atoms. The maximum absolute atomic E-state index is 11.0. The van der Waals surface area contributed by atoms with E-state index in [0.29, 0.717) is 0 Å². The van der Waals surface area contributed by atoms with E-state index < -0.39 is 10.0 Å². The second kappa shape index (κ2) is 3.37. The van der Waals surface area contributed by atoms with Gasteiger partial charge in [-0.05, 0) is 17.5 Å². The summed E-state index contributed by atoms with van der Waals surface area (Å²) in [6, 6.07) is 0. The van der Waals surface area contributed by atoms with Crippen LogP contribution in [0.1, 0.15) is 0 Å². The van der Waals surface area contributed by atoms with E-state index >= 15 is 0 Å². The highest BCUT2D eigenvalue weighted by atomic mass is 32.2. The molecule has 0 aliphatic heterocycles. The van der Waals surface area contributed by atoms with E-state index in [2.05, 4.69) is 32.9 Å². The van der Waals surface area contributed by atoms with Gasteiger partial charge in [0.15, 0.2) is 5.88 Å². The SMILES string of the molecule is CNS(=O)(=O)Cn1nnnc1S. The second-order valence-corrected chi connectivity index (χ2v) is 4.22. The van der Waals surface area contributed by atoms with Gasteiger partial charge >= 0.3 is 0 Å². The van der Waals surface area contributed by atoms with Crippen LogP contribution in [0.2, 0.25) is 0 Å². The van der Waals surface area contributed by atoms with Crippen molar-refractivity contribution in [3.63, 3.8) is 0 Å². The molecule has 1 rings (SSSR count). The molecule has 1 N–H and O–H groups in total. The van der Waals surface area contributed by atoms with Gasteiger partial charge in [0.2, 0.25) is 15.2 Å². The Labute approximate surface area is 74.6 Å². The van der Waals surface area contributed by atoms with Gasteiger partial charge in [0.1, 0.15) is 0 Å². The summed E-state index contributed by atoms with van der Waals surface area (Å²) in [4.78, 5) is 0. The fourth-order valence-electron chi connectivity index (χ4n) is 0.509. The van der Waals surface area contributed by atoms with Crippen LogP contribution in [0.15, 0.2) is 5.16 Å². The molecule has 1 heterocycles. The molecular formula is C3H7N5O2S2. The summed E-state index contributed by atoms with van der Waals surface area (Å²) in [5.41, 5.74) is 0. The van der Waals surface area contributed by atoms with Gasteiger partial charge in [-0.3, -0.25) is 0 Å². The summed E-state index contributed by atoms with van der Waals surface area (Å²) >= 11 is 3.83. The van der Waals surface area contributed by atoms with Gasteiger partial charge in [-0.15, -0.1) is 17.7 Å². The molecule has 0 aliphatic carbocycles. The molecule has 0 saturated heterocycles. The van der Waals surface area contributed by atoms with Crippen molar-refractivity contribution in [1.29, 1.82) is 0 Å². The molecule has 1 aromatic heterocycles. The molecule has 0 spiro atoms. The molecule has 68 valence electrons. The van der Waals surface area contributed by atoms with Crippen LogP contribution in [0.3, 0.4) is 0 Å². The van der Waals surface area contributed by atoms with Gasteiger partial charge in [0.25, 0.3) is 0 Å². The lowest BCUT2D eigenvalue weighted by molar-refractivity contribution is 0.552. The molecule has 0 bridgehead atoms. The quantitative estimate of drug-likeness (QED) is 0.589. The van der Waals surface area contributed by atoms with Gasteiger partial charge < -0.3 is 0 Å². The molecule has 7 nitrogen and oxygen atoms in total. The maximum atomic E-state index is 11.0. The minimum absolute atomic E-state index is 0.161. The standard InChI is InChI=1S/C3H7N5O2S2/c1-4-12(9,10)2-8-3(11)5-6-7-8/h4H,2H2,1H3,(H,5,7,11). The highest BCUT2D eigenvalue weighted by Crippen LogP contribution is 1.98. The number of tetrazole rings is 1. The van der Waals surface area contributed by atoms with Crippen LogP contribution in [-0.4, -0.2) is 35.7 Å². The fourth-order valence-corrected chi connectivity index (χ4v) is 1.38. The lowest BCUT2D eigenvalue weighted by Crippen LogP contribution is -2.24. The predicted octanol–water partition coefficient (Wildman–Crippen LogP) is -1.53. The highest BCUT2D eigenvalue weighted by Gasteiger charge is 2.11. The molecule has 0 unspecified atom stereocenters. The zero-order chi connectivity index (χ0) is 9.19. The van der Waals surface area contributed by atoms with Crippen LogP contribution in [-0.2, 0) is 15.9 Å². The number of nitrogens with one attached hydrogen (secondary N) is 1. The number of hydrogen-bond donors (Lipinski definition) is 2. The van der Waals surface area contributed by atoms with E-state index in [-0.39, 0.29) is 11.0 Å². The van der Waals surface area contributed by atoms with Crippen LogP contribution in [0.25, 0.3) is 0 Å². The van der Waals surface area contributed by atoms with Gasteiger partial charge in [-0.1, -0.05) is 0 Å². The van der Waals surface area contributed by atoms with E-state index in [0.717, 1.165) is 4.68 Å². The Bertz CT molecular complexity index is 357. The van der Waals surface area contributed by atoms with E-state index in [1.807, 2.05) is 0 Å². The highest BCUT2D eigenvalue weighted by molar-refractivity contribution is 7.88. The Morgan fingerprint density at radius 3 is 2.75 bits per heavy atom. The fraction of sp³-hybridized carbons (Fsp3) is 0.667. The summed E-state index contributed by atoms with van der Waals surface area (Å²) < 4.78 is 25.1. The zero-order valence-electron chi connectivity index (χ0n) is 6.17. The topological polar surface area (TPSA) is 89.8 Å². The lowest BCUT2D eigenvalue weighted by Gasteiger charge is -2.00. The molecule has 9 heteroatoms. The monoisotopic (exact) mass is 209 g/mol. The van der Waals surface area contributed by atoms with E-state index in [1.165, 1.54) is 7.05 Å². The first-order chi connectivity index (χ1) is 5.55. The molecule has 0 saturated carbocycles. The molecule has 0 fully saturated rings. The largest absolute Gasteiger partial charge is 0.231 e. The molecule has 0 amide bonds. The van der Waals surface area contributed by atoms with E-state index in [4.69, 9.17) is 0 Å². The molecule has 1 aromatic rings. The van der Waals surface area contributed by atoms with Crippen LogP contribution in [0.4, 0.5) is 0 Å². The number of sulfonamides is 1. The first-order valence-electron chi connectivity index (χ1n) is 2.91. The summed E-state index contributed by atoms with van der Waals surface area (Å²) in [7, 11) is -2.03. The van der Waals surface area contributed by atoms with E-state index in [1.54, 1.807) is 0 Å². The first kappa shape index (κ1) is 9.42. The van der Waals surface area contributed by atoms with Crippen molar-refractivity contribution in [2.75, 3.05) is 7.05 Å². The minimum atomic E-state index is -3.34. The third-order valence-electron chi connectivity index (χ3n) is 1.12. The van der Waals surface area contributed by atoms with Gasteiger partial charge in [0, 0.05) is 0 Å². The second-order valence-electron chi connectivity index (χ2n) is 1.93. The van der Waals surface area contributed by atoms with E-state index in [9.17, 15) is 8.42 Å². The van der Waals surface area contributed by atoms with Crippen molar-refractivity contribution in [2.45, 2.75) is 11.0 Å².